The summed E-state index contributed by atoms with van der Waals surface area (Å²) in [5.41, 5.74) is 2.72. The van der Waals surface area contributed by atoms with Crippen LogP contribution in [0.25, 0.3) is 0 Å². The van der Waals surface area contributed by atoms with Crippen LogP contribution in [0.15, 0.2) is 36.0 Å². The van der Waals surface area contributed by atoms with Crippen LogP contribution in [0.1, 0.15) is 202 Å². The Morgan fingerprint density at radius 1 is 0.661 bits per heavy atom. The third kappa shape index (κ3) is 17.3. The fourth-order valence-corrected chi connectivity index (χ4v) is 13.1. The highest BCUT2D eigenvalue weighted by Crippen LogP contribution is 2.67. The van der Waals surface area contributed by atoms with Crippen LogP contribution in [-0.2, 0) is 14.2 Å². The first-order valence-electron chi connectivity index (χ1n) is 27.0. The zero-order chi connectivity index (χ0) is 44.8. The van der Waals surface area contributed by atoms with E-state index in [0.29, 0.717) is 16.9 Å². The molecular weight excluding hydrogens is 761 g/mol. The van der Waals surface area contributed by atoms with Crippen LogP contribution in [0.2, 0.25) is 0 Å². The third-order valence-electron chi connectivity index (χ3n) is 16.7. The lowest BCUT2D eigenvalue weighted by atomic mass is 9.47. The molecule has 5 unspecified atom stereocenters. The maximum atomic E-state index is 6.66. The fraction of sp³-hybridized carbons (Fsp3) is 0.895. The van der Waals surface area contributed by atoms with E-state index in [-0.39, 0.29) is 12.2 Å². The summed E-state index contributed by atoms with van der Waals surface area (Å²) < 4.78 is 19.9. The van der Waals surface area contributed by atoms with Crippen LogP contribution in [0.3, 0.4) is 0 Å². The van der Waals surface area contributed by atoms with Crippen LogP contribution >= 0.6 is 0 Å². The first-order chi connectivity index (χ1) is 29.9. The van der Waals surface area contributed by atoms with E-state index in [9.17, 15) is 0 Å². The van der Waals surface area contributed by atoms with E-state index in [2.05, 4.69) is 110 Å². The molecule has 360 valence electrons. The number of ether oxygens (including phenoxy) is 3. The van der Waals surface area contributed by atoms with Gasteiger partial charge in [-0.3, -0.25) is 0 Å². The van der Waals surface area contributed by atoms with Crippen LogP contribution in [0.4, 0.5) is 0 Å². The SMILES string of the molecule is CCCCCCCC/C=C/C/C=C/CCCCCOC(CN(C)C)C(CN(C)C)OCCCCO[C@H]1CC[C@@]2(C)C(=CCC3C2CC[C@@]2(C)C3CC[C@@H]2[C@H](C)CCCC(C)C)C1. The second kappa shape index (κ2) is 28.9. The van der Waals surface area contributed by atoms with Crippen molar-refractivity contribution in [1.29, 1.82) is 0 Å². The molecule has 0 aromatic heterocycles. The van der Waals surface area contributed by atoms with Crippen molar-refractivity contribution in [1.82, 2.24) is 9.80 Å². The van der Waals surface area contributed by atoms with Gasteiger partial charge < -0.3 is 24.0 Å². The van der Waals surface area contributed by atoms with Crippen molar-refractivity contribution in [2.24, 2.45) is 46.3 Å². The van der Waals surface area contributed by atoms with Crippen molar-refractivity contribution in [2.45, 2.75) is 220 Å². The standard InChI is InChI=1S/C57H104N2O3/c1-11-12-13-14-15-16-17-18-19-20-21-22-23-24-25-26-41-61-54(44-58(7)8)55(45-59(9)10)62-42-28-27-40-60-49-36-38-56(5)48(43-49)32-33-50-52-35-34-51(47(4)31-29-30-46(2)3)57(52,6)39-37-53(50)56/h18-19,21-22,32,46-47,49-55H,11-17,20,23-31,33-45H2,1-10H3/b19-18+,22-21+/t47-,49+,50?,51-,52?,53?,54?,55?,56+,57-/m1/s1. The molecule has 0 bridgehead atoms. The van der Waals surface area contributed by atoms with Gasteiger partial charge >= 0.3 is 0 Å². The summed E-state index contributed by atoms with van der Waals surface area (Å²) in [6.07, 6.45) is 45.3. The Balaban J connectivity index is 1.12. The van der Waals surface area contributed by atoms with Crippen molar-refractivity contribution in [3.63, 3.8) is 0 Å². The summed E-state index contributed by atoms with van der Waals surface area (Å²) in [6.45, 7) is 19.3. The predicted molar refractivity (Wildman–Crippen MR) is 268 cm³/mol. The highest BCUT2D eigenvalue weighted by atomic mass is 16.5. The summed E-state index contributed by atoms with van der Waals surface area (Å²) in [7, 11) is 8.61. The van der Waals surface area contributed by atoms with Gasteiger partial charge in [-0.15, -0.1) is 0 Å². The van der Waals surface area contributed by atoms with Crippen LogP contribution in [-0.4, -0.2) is 89.2 Å². The van der Waals surface area contributed by atoms with Crippen LogP contribution in [0, 0.1) is 46.3 Å². The molecule has 0 heterocycles. The van der Waals surface area contributed by atoms with Gasteiger partial charge in [0, 0.05) is 32.9 Å². The summed E-state index contributed by atoms with van der Waals surface area (Å²) >= 11 is 0. The van der Waals surface area contributed by atoms with Crippen LogP contribution < -0.4 is 0 Å². The number of hydrogen-bond donors (Lipinski definition) is 0. The Morgan fingerprint density at radius 3 is 1.92 bits per heavy atom. The second-order valence-electron chi connectivity index (χ2n) is 22.7. The molecule has 3 saturated carbocycles. The zero-order valence-corrected chi connectivity index (χ0v) is 42.9. The molecular formula is C57H104N2O3. The molecule has 4 aliphatic carbocycles. The van der Waals surface area contributed by atoms with E-state index in [1.807, 2.05) is 0 Å². The highest BCUT2D eigenvalue weighted by Gasteiger charge is 2.59. The topological polar surface area (TPSA) is 34.2 Å². The zero-order valence-electron chi connectivity index (χ0n) is 42.9. The maximum absolute atomic E-state index is 6.66. The lowest BCUT2D eigenvalue weighted by Crippen LogP contribution is -2.51. The predicted octanol–water partition coefficient (Wildman–Crippen LogP) is 14.9. The molecule has 0 aromatic carbocycles. The number of rotatable bonds is 33. The van der Waals surface area contributed by atoms with E-state index in [1.165, 1.54) is 128 Å². The van der Waals surface area contributed by atoms with Gasteiger partial charge in [0.2, 0.25) is 0 Å². The average molecular weight is 865 g/mol. The molecule has 0 amide bonds. The molecule has 0 aliphatic heterocycles. The molecule has 0 aromatic rings. The lowest BCUT2D eigenvalue weighted by molar-refractivity contribution is -0.0901. The minimum Gasteiger partial charge on any atom is -0.378 e. The van der Waals surface area contributed by atoms with Gasteiger partial charge in [-0.25, -0.2) is 0 Å². The lowest BCUT2D eigenvalue weighted by Gasteiger charge is -2.58. The van der Waals surface area contributed by atoms with Crippen molar-refractivity contribution < 1.29 is 14.2 Å². The number of likely N-dealkylation sites (N-methyl/N-ethyl adjacent to an activating group) is 2. The molecule has 62 heavy (non-hydrogen) atoms. The molecule has 10 atom stereocenters. The number of nitrogens with zero attached hydrogens (tertiary/aromatic N) is 2. The first kappa shape index (κ1) is 53.6. The van der Waals surface area contributed by atoms with Crippen molar-refractivity contribution in [2.75, 3.05) is 61.1 Å². The number of allylic oxidation sites excluding steroid dienone is 5. The smallest absolute Gasteiger partial charge is 0.0975 e. The Labute approximate surface area is 386 Å². The first-order valence-corrected chi connectivity index (χ1v) is 27.0. The number of fused-ring (bicyclic) bond motifs is 5. The van der Waals surface area contributed by atoms with E-state index in [1.54, 1.807) is 5.57 Å². The van der Waals surface area contributed by atoms with E-state index in [4.69, 9.17) is 14.2 Å². The largest absolute Gasteiger partial charge is 0.378 e. The number of unbranched alkanes of at least 4 members (excludes halogenated alkanes) is 10. The number of hydrogen-bond acceptors (Lipinski definition) is 5. The quantitative estimate of drug-likeness (QED) is 0.0485. The Hall–Kier alpha value is -0.980. The normalized spacial score (nSPS) is 29.1. The average Bonchev–Trinajstić information content (AvgIpc) is 3.59. The highest BCUT2D eigenvalue weighted by molar-refractivity contribution is 5.25. The Bertz CT molecular complexity index is 1270. The molecule has 0 saturated heterocycles. The van der Waals surface area contributed by atoms with Gasteiger partial charge in [-0.1, -0.05) is 135 Å². The second-order valence-corrected chi connectivity index (χ2v) is 22.7. The summed E-state index contributed by atoms with van der Waals surface area (Å²) in [6, 6.07) is 0. The van der Waals surface area contributed by atoms with Gasteiger partial charge in [0.05, 0.1) is 18.3 Å². The molecule has 0 spiro atoms. The van der Waals surface area contributed by atoms with Gasteiger partial charge in [0.15, 0.2) is 0 Å². The molecule has 0 N–H and O–H groups in total. The molecule has 5 nitrogen and oxygen atoms in total. The van der Waals surface area contributed by atoms with Gasteiger partial charge in [-0.2, -0.15) is 0 Å². The molecule has 4 rings (SSSR count). The van der Waals surface area contributed by atoms with Crippen molar-refractivity contribution in [3.8, 4) is 0 Å². The Morgan fingerprint density at radius 2 is 1.27 bits per heavy atom. The minimum atomic E-state index is 0.0642. The molecule has 3 fully saturated rings. The molecule has 5 heteroatoms. The van der Waals surface area contributed by atoms with Crippen molar-refractivity contribution in [3.05, 3.63) is 36.0 Å². The molecule has 4 aliphatic rings. The maximum Gasteiger partial charge on any atom is 0.0975 e. The third-order valence-corrected chi connectivity index (χ3v) is 16.7. The van der Waals surface area contributed by atoms with E-state index >= 15 is 0 Å². The van der Waals surface area contributed by atoms with E-state index < -0.39 is 0 Å². The van der Waals surface area contributed by atoms with Crippen LogP contribution in [0.5, 0.6) is 0 Å². The summed E-state index contributed by atoms with van der Waals surface area (Å²) in [5, 5.41) is 0. The van der Waals surface area contributed by atoms with Gasteiger partial charge in [0.25, 0.3) is 0 Å². The minimum absolute atomic E-state index is 0.0642. The van der Waals surface area contributed by atoms with Crippen molar-refractivity contribution >= 4 is 0 Å². The monoisotopic (exact) mass is 865 g/mol. The summed E-state index contributed by atoms with van der Waals surface area (Å²) in [4.78, 5) is 4.50. The molecule has 0 radical (unpaired) electrons. The summed E-state index contributed by atoms with van der Waals surface area (Å²) in [5.74, 6) is 5.39. The fourth-order valence-electron chi connectivity index (χ4n) is 13.1. The van der Waals surface area contributed by atoms with Gasteiger partial charge in [-0.05, 0) is 177 Å². The van der Waals surface area contributed by atoms with E-state index in [0.717, 1.165) is 101 Å². The Kier molecular flexibility index (Phi) is 25.0. The van der Waals surface area contributed by atoms with Gasteiger partial charge in [0.1, 0.15) is 0 Å².